The lowest BCUT2D eigenvalue weighted by molar-refractivity contribution is 0.772. The van der Waals surface area contributed by atoms with Crippen LogP contribution in [0, 0.1) is 6.92 Å². The van der Waals surface area contributed by atoms with E-state index in [0.29, 0.717) is 5.25 Å². The van der Waals surface area contributed by atoms with Gasteiger partial charge in [-0.05, 0) is 38.3 Å². The summed E-state index contributed by atoms with van der Waals surface area (Å²) in [6.45, 7) is 10.9. The van der Waals surface area contributed by atoms with Gasteiger partial charge in [0.2, 0.25) is 0 Å². The van der Waals surface area contributed by atoms with Crippen LogP contribution in [0.1, 0.15) is 38.7 Å². The topological polar surface area (TPSA) is 0 Å². The van der Waals surface area contributed by atoms with Gasteiger partial charge in [-0.1, -0.05) is 43.7 Å². The Balaban J connectivity index is 2.54. The number of thioether (sulfide) groups is 1. The van der Waals surface area contributed by atoms with Crippen molar-refractivity contribution in [3.05, 3.63) is 42.0 Å². The molecule has 0 heterocycles. The van der Waals surface area contributed by atoms with Crippen LogP contribution in [-0.2, 0) is 0 Å². The van der Waals surface area contributed by atoms with Crippen LogP contribution < -0.4 is 0 Å². The third kappa shape index (κ3) is 4.05. The molecule has 0 aromatic heterocycles. The molecule has 0 aliphatic rings. The van der Waals surface area contributed by atoms with E-state index in [1.54, 1.807) is 0 Å². The van der Waals surface area contributed by atoms with Crippen molar-refractivity contribution in [3.8, 4) is 0 Å². The molecule has 0 nitrogen and oxygen atoms in total. The molecule has 0 saturated heterocycles. The Morgan fingerprint density at radius 1 is 1.38 bits per heavy atom. The van der Waals surface area contributed by atoms with E-state index in [1.165, 1.54) is 28.9 Å². The lowest BCUT2D eigenvalue weighted by Crippen LogP contribution is -2.00. The van der Waals surface area contributed by atoms with E-state index in [2.05, 4.69) is 51.6 Å². The van der Waals surface area contributed by atoms with Crippen molar-refractivity contribution >= 4 is 11.8 Å². The Hall–Kier alpha value is -0.690. The van der Waals surface area contributed by atoms with Gasteiger partial charge in [-0.3, -0.25) is 0 Å². The fourth-order valence-electron chi connectivity index (χ4n) is 1.57. The highest BCUT2D eigenvalue weighted by molar-refractivity contribution is 8.00. The highest BCUT2D eigenvalue weighted by Crippen LogP contribution is 2.31. The van der Waals surface area contributed by atoms with Crippen LogP contribution in [0.25, 0.3) is 0 Å². The fraction of sp³-hybridized carbons (Fsp3) is 0.467. The summed E-state index contributed by atoms with van der Waals surface area (Å²) < 4.78 is 0. The van der Waals surface area contributed by atoms with Gasteiger partial charge >= 0.3 is 0 Å². The first kappa shape index (κ1) is 13.4. The van der Waals surface area contributed by atoms with E-state index in [1.807, 2.05) is 11.8 Å². The van der Waals surface area contributed by atoms with Crippen LogP contribution in [0.5, 0.6) is 0 Å². The molecule has 1 heteroatoms. The van der Waals surface area contributed by atoms with Crippen molar-refractivity contribution < 1.29 is 0 Å². The van der Waals surface area contributed by atoms with Gasteiger partial charge < -0.3 is 0 Å². The Labute approximate surface area is 104 Å². The third-order valence-corrected chi connectivity index (χ3v) is 4.22. The van der Waals surface area contributed by atoms with Gasteiger partial charge in [-0.2, -0.15) is 0 Å². The molecule has 0 bridgehead atoms. The molecular formula is C15H22S. The molecule has 0 saturated carbocycles. The maximum Gasteiger partial charge on any atom is 0.0272 e. The minimum Gasteiger partial charge on any atom is -0.118 e. The smallest absolute Gasteiger partial charge is 0.0272 e. The van der Waals surface area contributed by atoms with E-state index in [4.69, 9.17) is 0 Å². The maximum absolute atomic E-state index is 4.20. The summed E-state index contributed by atoms with van der Waals surface area (Å²) in [4.78, 5) is 1.38. The Kier molecular flexibility index (Phi) is 5.68. The zero-order valence-electron chi connectivity index (χ0n) is 10.6. The van der Waals surface area contributed by atoms with Crippen LogP contribution >= 0.6 is 11.8 Å². The van der Waals surface area contributed by atoms with Crippen LogP contribution in [0.2, 0.25) is 0 Å². The second-order valence-electron chi connectivity index (χ2n) is 4.29. The first-order valence-corrected chi connectivity index (χ1v) is 6.93. The second-order valence-corrected chi connectivity index (χ2v) is 5.67. The molecular weight excluding hydrogens is 212 g/mol. The van der Waals surface area contributed by atoms with Gasteiger partial charge in [0.25, 0.3) is 0 Å². The molecule has 1 aromatic carbocycles. The molecule has 88 valence electrons. The molecule has 0 aliphatic carbocycles. The third-order valence-electron chi connectivity index (χ3n) is 2.82. The number of benzene rings is 1. The average molecular weight is 234 g/mol. The van der Waals surface area contributed by atoms with Gasteiger partial charge in [-0.25, -0.2) is 0 Å². The molecule has 0 aliphatic heterocycles. The van der Waals surface area contributed by atoms with E-state index in [-0.39, 0.29) is 0 Å². The molecule has 1 aromatic rings. The van der Waals surface area contributed by atoms with Crippen LogP contribution in [0.4, 0.5) is 0 Å². The monoisotopic (exact) mass is 234 g/mol. The summed E-state index contributed by atoms with van der Waals surface area (Å²) >= 11 is 1.93. The summed E-state index contributed by atoms with van der Waals surface area (Å²) in [7, 11) is 0. The van der Waals surface area contributed by atoms with Crippen molar-refractivity contribution in [2.24, 2.45) is 0 Å². The van der Waals surface area contributed by atoms with Gasteiger partial charge in [0.05, 0.1) is 0 Å². The van der Waals surface area contributed by atoms with Crippen molar-refractivity contribution in [1.82, 2.24) is 0 Å². The highest BCUT2D eigenvalue weighted by atomic mass is 32.2. The molecule has 0 N–H and O–H groups in total. The quantitative estimate of drug-likeness (QED) is 0.480. The average Bonchev–Trinajstić information content (AvgIpc) is 2.28. The first-order valence-electron chi connectivity index (χ1n) is 6.05. The second kappa shape index (κ2) is 6.80. The normalized spacial score (nSPS) is 12.4. The predicted molar refractivity (Wildman–Crippen MR) is 75.2 cm³/mol. The number of hydrogen-bond donors (Lipinski definition) is 0. The molecule has 0 amide bonds. The van der Waals surface area contributed by atoms with Crippen molar-refractivity contribution in [2.45, 2.75) is 50.2 Å². The van der Waals surface area contributed by atoms with E-state index in [9.17, 15) is 0 Å². The molecule has 0 spiro atoms. The predicted octanol–water partition coefficient (Wildman–Crippen LogP) is 5.22. The summed E-state index contributed by atoms with van der Waals surface area (Å²) in [6, 6.07) is 8.57. The standard InChI is InChI=1S/C15H22S/c1-5-6-9-12(2)14(4)16-15-11-8-7-10-13(15)3/h7-8,10-11,14H,2,5-6,9H2,1,3-4H3. The van der Waals surface area contributed by atoms with E-state index >= 15 is 0 Å². The summed E-state index contributed by atoms with van der Waals surface area (Å²) in [5.74, 6) is 0. The first-order chi connectivity index (χ1) is 7.65. The summed E-state index contributed by atoms with van der Waals surface area (Å²) in [5, 5.41) is 0.521. The largest absolute Gasteiger partial charge is 0.118 e. The Morgan fingerprint density at radius 3 is 2.69 bits per heavy atom. The molecule has 0 fully saturated rings. The van der Waals surface area contributed by atoms with Crippen molar-refractivity contribution in [1.29, 1.82) is 0 Å². The zero-order valence-corrected chi connectivity index (χ0v) is 11.4. The van der Waals surface area contributed by atoms with E-state index < -0.39 is 0 Å². The number of rotatable bonds is 6. The minimum atomic E-state index is 0.521. The number of hydrogen-bond acceptors (Lipinski definition) is 1. The maximum atomic E-state index is 4.20. The zero-order chi connectivity index (χ0) is 12.0. The van der Waals surface area contributed by atoms with Crippen LogP contribution in [0.3, 0.4) is 0 Å². The van der Waals surface area contributed by atoms with Crippen LogP contribution in [-0.4, -0.2) is 5.25 Å². The number of unbranched alkanes of at least 4 members (excludes halogenated alkanes) is 1. The number of aryl methyl sites for hydroxylation is 1. The minimum absolute atomic E-state index is 0.521. The SMILES string of the molecule is C=C(CCCC)C(C)Sc1ccccc1C. The lowest BCUT2D eigenvalue weighted by atomic mass is 10.1. The van der Waals surface area contributed by atoms with Gasteiger partial charge in [-0.15, -0.1) is 11.8 Å². The Bertz CT molecular complexity index is 341. The van der Waals surface area contributed by atoms with Gasteiger partial charge in [0, 0.05) is 10.1 Å². The molecule has 0 radical (unpaired) electrons. The highest BCUT2D eigenvalue weighted by Gasteiger charge is 2.09. The molecule has 16 heavy (non-hydrogen) atoms. The van der Waals surface area contributed by atoms with Gasteiger partial charge in [0.1, 0.15) is 0 Å². The summed E-state index contributed by atoms with van der Waals surface area (Å²) in [6.07, 6.45) is 3.68. The fourth-order valence-corrected chi connectivity index (χ4v) is 2.65. The van der Waals surface area contributed by atoms with Crippen LogP contribution in [0.15, 0.2) is 41.3 Å². The lowest BCUT2D eigenvalue weighted by Gasteiger charge is -2.15. The van der Waals surface area contributed by atoms with Gasteiger partial charge in [0.15, 0.2) is 0 Å². The molecule has 1 atom stereocenters. The van der Waals surface area contributed by atoms with Crippen molar-refractivity contribution in [3.63, 3.8) is 0 Å². The molecule has 1 rings (SSSR count). The van der Waals surface area contributed by atoms with Crippen molar-refractivity contribution in [2.75, 3.05) is 0 Å². The molecule has 1 unspecified atom stereocenters. The summed E-state index contributed by atoms with van der Waals surface area (Å²) in [5.41, 5.74) is 2.73. The van der Waals surface area contributed by atoms with E-state index in [0.717, 1.165) is 6.42 Å². The Morgan fingerprint density at radius 2 is 2.06 bits per heavy atom.